The average molecular weight is 819 g/mol. The number of aromatic hydroxyl groups is 1. The number of carboxylic acid groups (broad SMARTS) is 1. The molecule has 0 spiro atoms. The summed E-state index contributed by atoms with van der Waals surface area (Å²) in [6.45, 7) is 0.577. The maximum absolute atomic E-state index is 13.5. The van der Waals surface area contributed by atoms with Crippen molar-refractivity contribution in [2.75, 3.05) is 29.6 Å². The van der Waals surface area contributed by atoms with Gasteiger partial charge < -0.3 is 41.2 Å². The molecule has 3 aromatic rings. The molecule has 0 unspecified atom stereocenters. The van der Waals surface area contributed by atoms with Gasteiger partial charge in [-0.25, -0.2) is 22.6 Å². The van der Waals surface area contributed by atoms with E-state index in [1.807, 2.05) is 0 Å². The highest BCUT2D eigenvalue weighted by atomic mass is 32.2. The number of carboxylic acids is 1. The van der Waals surface area contributed by atoms with Crippen LogP contribution in [0.25, 0.3) is 0 Å². The van der Waals surface area contributed by atoms with Crippen molar-refractivity contribution >= 4 is 79.3 Å². The Kier molecular flexibility index (Phi) is 12.2. The smallest absolute Gasteiger partial charge is 0.352 e. The van der Waals surface area contributed by atoms with Crippen LogP contribution in [-0.4, -0.2) is 108 Å². The fourth-order valence-corrected chi connectivity index (χ4v) is 7.46. The summed E-state index contributed by atoms with van der Waals surface area (Å²) >= 11 is 2.24. The molecule has 55 heavy (non-hydrogen) atoms. The molecule has 2 saturated heterocycles. The molecule has 7 N–H and O–H groups in total. The number of thioether (sulfide) groups is 1. The van der Waals surface area contributed by atoms with E-state index in [9.17, 15) is 43.8 Å². The number of aliphatic carboxylic acids is 1. The molecule has 2 aromatic heterocycles. The summed E-state index contributed by atoms with van der Waals surface area (Å²) in [5.41, 5.74) is 6.53. The van der Waals surface area contributed by atoms with E-state index >= 15 is 0 Å². The molecule has 1 aromatic carbocycles. The van der Waals surface area contributed by atoms with Crippen LogP contribution in [0.4, 0.5) is 15.2 Å². The monoisotopic (exact) mass is 818 g/mol. The molecule has 0 bridgehead atoms. The van der Waals surface area contributed by atoms with Crippen molar-refractivity contribution in [2.45, 2.75) is 30.9 Å². The van der Waals surface area contributed by atoms with Crippen molar-refractivity contribution in [3.63, 3.8) is 0 Å². The number of carbonyl (C=O) groups excluding carboxylic acids is 4. The Morgan fingerprint density at radius 2 is 1.91 bits per heavy atom. The average Bonchev–Trinajstić information content (AvgIpc) is 3.69. The number of oxime groups is 1. The second-order valence-electron chi connectivity index (χ2n) is 12.0. The van der Waals surface area contributed by atoms with E-state index in [2.05, 4.69) is 20.8 Å². The Hall–Kier alpha value is -5.91. The lowest BCUT2D eigenvalue weighted by atomic mass is 10.0. The van der Waals surface area contributed by atoms with Gasteiger partial charge in [0.15, 0.2) is 34.8 Å². The van der Waals surface area contributed by atoms with Gasteiger partial charge >= 0.3 is 5.97 Å². The second kappa shape index (κ2) is 16.6. The maximum atomic E-state index is 13.5. The standard InChI is InChI=1S/C31H27FN8O8S2.CH4O3S/c32-19-10-18(1-2-21(19)41)34-22(42)12-38-6-3-15(4-7-38)11-39-8-5-16(27(39)44)9-17-13-49-29-24(28(45)40(29)25(17)30(46)47)36-26(43)23(37-48)20-14-50-31(33)35-20;1-5(2,3)4/h1-4,6-7,9-10,14,24,29H,5,8,11-13H2,(H6-,33,34,35,36,37,41,42,43,46,47,48);1H3,(H,2,3,4)/t24-,29-;/m1./s1. The number of pyridine rings is 1. The number of nitrogen functional groups attached to an aromatic ring is 1. The Morgan fingerprint density at radius 1 is 1.22 bits per heavy atom. The summed E-state index contributed by atoms with van der Waals surface area (Å²) in [6.07, 6.45) is 5.79. The number of hydrogen-bond donors (Lipinski definition) is 6. The van der Waals surface area contributed by atoms with Crippen LogP contribution in [0, 0.1) is 5.82 Å². The number of rotatable bonds is 10. The number of nitrogens with zero attached hydrogens (tertiary/aromatic N) is 5. The highest BCUT2D eigenvalue weighted by molar-refractivity contribution is 8.00. The highest BCUT2D eigenvalue weighted by Crippen LogP contribution is 2.41. The molecular formula is C32H31FN8O11S3. The number of allylic oxidation sites excluding steroid dienone is 1. The summed E-state index contributed by atoms with van der Waals surface area (Å²) in [5.74, 6) is -4.85. The Labute approximate surface area is 319 Å². The Morgan fingerprint density at radius 3 is 2.51 bits per heavy atom. The summed E-state index contributed by atoms with van der Waals surface area (Å²) in [5, 5.41) is 37.6. The predicted octanol–water partition coefficient (Wildman–Crippen LogP) is -0.0666. The first-order chi connectivity index (χ1) is 25.9. The van der Waals surface area contributed by atoms with Gasteiger partial charge in [0.25, 0.3) is 17.7 Å². The largest absolute Gasteiger partial charge is 0.748 e. The first-order valence-corrected chi connectivity index (χ1v) is 19.5. The van der Waals surface area contributed by atoms with Crippen molar-refractivity contribution in [1.29, 1.82) is 0 Å². The van der Waals surface area contributed by atoms with Gasteiger partial charge in [0.05, 0.1) is 10.1 Å². The normalized spacial score (nSPS) is 19.0. The lowest BCUT2D eigenvalue weighted by molar-refractivity contribution is -0.684. The van der Waals surface area contributed by atoms with Crippen molar-refractivity contribution < 1.29 is 61.3 Å². The Bertz CT molecular complexity index is 2250. The molecule has 0 radical (unpaired) electrons. The van der Waals surface area contributed by atoms with Gasteiger partial charge in [-0.1, -0.05) is 5.16 Å². The van der Waals surface area contributed by atoms with Crippen LogP contribution >= 0.6 is 23.1 Å². The summed E-state index contributed by atoms with van der Waals surface area (Å²) in [7, 11) is -3.92. The van der Waals surface area contributed by atoms with Crippen LogP contribution < -0.4 is 20.9 Å². The molecule has 2 fully saturated rings. The van der Waals surface area contributed by atoms with E-state index in [0.29, 0.717) is 24.8 Å². The third-order valence-electron chi connectivity index (χ3n) is 8.02. The first-order valence-electron chi connectivity index (χ1n) is 15.8. The third kappa shape index (κ3) is 9.80. The third-order valence-corrected chi connectivity index (χ3v) is 10.00. The zero-order chi connectivity index (χ0) is 40.2. The summed E-state index contributed by atoms with van der Waals surface area (Å²) in [6, 6.07) is 5.93. The second-order valence-corrected chi connectivity index (χ2v) is 15.4. The lowest BCUT2D eigenvalue weighted by Gasteiger charge is -2.49. The number of anilines is 2. The number of aromatic nitrogens is 2. The van der Waals surface area contributed by atoms with Crippen molar-refractivity contribution in [2.24, 2.45) is 5.16 Å². The number of nitrogens with one attached hydrogen (secondary N) is 2. The number of halogens is 1. The molecule has 4 amide bonds. The number of β-lactam (4-membered cyclic amide) rings is 1. The van der Waals surface area contributed by atoms with Crippen LogP contribution in [0.1, 0.15) is 17.7 Å². The molecule has 3 aliphatic rings. The maximum Gasteiger partial charge on any atom is 0.352 e. The molecule has 0 saturated carbocycles. The van der Waals surface area contributed by atoms with E-state index in [1.54, 1.807) is 34.0 Å². The van der Waals surface area contributed by atoms with Crippen LogP contribution in [0.15, 0.2) is 76.2 Å². The number of likely N-dealkylation sites (tertiary alicyclic amines) is 1. The zero-order valence-corrected chi connectivity index (χ0v) is 30.9. The SMILES string of the molecule is CS(=O)(=O)[O-].Nc1nc(C(=NO)C(=O)N[C@@H]2C(=O)N3C(C(=O)O)=C(C=C4CCN(Cc5cc[n+](CC(=O)Nc6ccc(O)c(F)c6)cc5)C4=O)CS[C@H]23)cs1. The molecule has 19 nitrogen and oxygen atoms in total. The van der Waals surface area contributed by atoms with Gasteiger partial charge in [0.1, 0.15) is 22.8 Å². The summed E-state index contributed by atoms with van der Waals surface area (Å²) < 4.78 is 42.4. The van der Waals surface area contributed by atoms with Gasteiger partial charge in [-0.15, -0.1) is 23.1 Å². The molecule has 0 aliphatic carbocycles. The van der Waals surface area contributed by atoms with Crippen molar-refractivity contribution in [3.8, 4) is 5.75 Å². The minimum absolute atomic E-state index is 0.0190. The first kappa shape index (κ1) is 40.3. The molecule has 3 aliphatic heterocycles. The van der Waals surface area contributed by atoms with Crippen LogP contribution in [0.5, 0.6) is 5.75 Å². The van der Waals surface area contributed by atoms with Gasteiger partial charge in [-0.05, 0) is 35.8 Å². The fourth-order valence-electron chi connectivity index (χ4n) is 5.61. The van der Waals surface area contributed by atoms with Crippen molar-refractivity contribution in [3.05, 3.63) is 88.1 Å². The van der Waals surface area contributed by atoms with Gasteiger partial charge in [0, 0.05) is 59.9 Å². The van der Waals surface area contributed by atoms with Crippen LogP contribution in [-0.2, 0) is 47.2 Å². The quantitative estimate of drug-likeness (QED) is 0.0228. The van der Waals surface area contributed by atoms with Gasteiger partial charge in [-0.3, -0.25) is 24.1 Å². The minimum Gasteiger partial charge on any atom is -0.748 e. The number of benzene rings is 1. The molecule has 290 valence electrons. The number of phenols is 1. The number of phenolic OH excluding ortho intramolecular Hbond substituents is 1. The predicted molar refractivity (Wildman–Crippen MR) is 192 cm³/mol. The minimum atomic E-state index is -3.92. The molecule has 5 heterocycles. The summed E-state index contributed by atoms with van der Waals surface area (Å²) in [4.78, 5) is 70.5. The van der Waals surface area contributed by atoms with E-state index in [4.69, 9.17) is 18.7 Å². The fraction of sp³-hybridized carbons (Fsp3) is 0.250. The van der Waals surface area contributed by atoms with E-state index in [0.717, 1.165) is 33.9 Å². The molecular weight excluding hydrogens is 788 g/mol. The number of hydrogen-bond acceptors (Lipinski definition) is 15. The Balaban J connectivity index is 0.00000109. The number of thiazole rings is 1. The van der Waals surface area contributed by atoms with Crippen molar-refractivity contribution in [1.82, 2.24) is 20.1 Å². The van der Waals surface area contributed by atoms with Gasteiger partial charge in [-0.2, -0.15) is 4.57 Å². The topological polar surface area (TPSA) is 289 Å². The number of carbonyl (C=O) groups is 5. The molecule has 23 heteroatoms. The van der Waals surface area contributed by atoms with Crippen LogP contribution in [0.3, 0.4) is 0 Å². The number of fused-ring (bicyclic) bond motifs is 1. The zero-order valence-electron chi connectivity index (χ0n) is 28.4. The lowest BCUT2D eigenvalue weighted by Crippen LogP contribution is -2.71. The number of nitrogens with two attached hydrogens (primary N) is 1. The van der Waals surface area contributed by atoms with Gasteiger partial charge in [0.2, 0.25) is 12.5 Å². The highest BCUT2D eigenvalue weighted by Gasteiger charge is 2.54. The van der Waals surface area contributed by atoms with Crippen LogP contribution in [0.2, 0.25) is 0 Å². The van der Waals surface area contributed by atoms with E-state index < -0.39 is 62.5 Å². The molecule has 2 atom stereocenters. The van der Waals surface area contributed by atoms with E-state index in [-0.39, 0.29) is 52.5 Å². The van der Waals surface area contributed by atoms with E-state index in [1.165, 1.54) is 29.3 Å². The molecule has 6 rings (SSSR count). The number of amides is 4.